The molecule has 1 saturated carbocycles. The molecule has 0 aromatic carbocycles. The number of carbonyl (C=O) groups excluding carboxylic acids is 1. The van der Waals surface area contributed by atoms with Crippen LogP contribution in [0.2, 0.25) is 0 Å². The van der Waals surface area contributed by atoms with Crippen LogP contribution in [0, 0.1) is 5.92 Å². The number of aliphatic hydroxyl groups excluding tert-OH is 2. The zero-order valence-corrected chi connectivity index (χ0v) is 6.92. The van der Waals surface area contributed by atoms with Gasteiger partial charge in [-0.15, -0.1) is 0 Å². The van der Waals surface area contributed by atoms with Crippen molar-refractivity contribution in [3.05, 3.63) is 0 Å². The molecule has 0 aromatic heterocycles. The number of aliphatic hydroxyl groups is 2. The molecule has 2 heterocycles. The van der Waals surface area contributed by atoms with Crippen LogP contribution in [0.15, 0.2) is 0 Å². The molecule has 2 bridgehead atoms. The molecule has 5 heteroatoms. The first-order valence-electron chi connectivity index (χ1n) is 4.32. The van der Waals surface area contributed by atoms with E-state index in [0.717, 1.165) is 0 Å². The summed E-state index contributed by atoms with van der Waals surface area (Å²) in [4.78, 5) is 10.6. The van der Waals surface area contributed by atoms with Crippen LogP contribution in [0.25, 0.3) is 0 Å². The fraction of sp³-hybridized carbons (Fsp3) is 0.875. The first-order valence-corrected chi connectivity index (χ1v) is 4.32. The summed E-state index contributed by atoms with van der Waals surface area (Å²) in [7, 11) is 0. The Morgan fingerprint density at radius 1 is 1.31 bits per heavy atom. The van der Waals surface area contributed by atoms with E-state index in [4.69, 9.17) is 4.74 Å². The van der Waals surface area contributed by atoms with Gasteiger partial charge in [0.2, 0.25) is 0 Å². The van der Waals surface area contributed by atoms with Gasteiger partial charge in [-0.25, -0.2) is 0 Å². The highest BCUT2D eigenvalue weighted by Crippen LogP contribution is 2.37. The lowest BCUT2D eigenvalue weighted by Gasteiger charge is -2.48. The minimum atomic E-state index is -1.30. The zero-order chi connectivity index (χ0) is 9.59. The summed E-state index contributed by atoms with van der Waals surface area (Å²) < 4.78 is 5.06. The summed E-state index contributed by atoms with van der Waals surface area (Å²) in [6.45, 7) is 0. The molecule has 0 spiro atoms. The lowest BCUT2D eigenvalue weighted by Crippen LogP contribution is -2.60. The van der Waals surface area contributed by atoms with Gasteiger partial charge in [0, 0.05) is 12.3 Å². The van der Waals surface area contributed by atoms with Crippen molar-refractivity contribution in [2.75, 3.05) is 0 Å². The van der Waals surface area contributed by atoms with E-state index in [-0.39, 0.29) is 6.42 Å². The number of carboxylic acids is 1. The van der Waals surface area contributed by atoms with E-state index in [1.807, 2.05) is 0 Å². The number of carboxylic acid groups (broad SMARTS) is 1. The van der Waals surface area contributed by atoms with Gasteiger partial charge in [0.15, 0.2) is 0 Å². The van der Waals surface area contributed by atoms with Crippen LogP contribution in [0.4, 0.5) is 0 Å². The normalized spacial score (nSPS) is 49.2. The molecule has 0 amide bonds. The van der Waals surface area contributed by atoms with Gasteiger partial charge in [0.25, 0.3) is 0 Å². The fourth-order valence-electron chi connectivity index (χ4n) is 2.15. The minimum absolute atomic E-state index is 0.282. The van der Waals surface area contributed by atoms with E-state index >= 15 is 0 Å². The van der Waals surface area contributed by atoms with Crippen LogP contribution in [0.1, 0.15) is 12.8 Å². The number of aliphatic carboxylic acids is 1. The molecule has 13 heavy (non-hydrogen) atoms. The largest absolute Gasteiger partial charge is 0.547 e. The average Bonchev–Trinajstić information content (AvgIpc) is 2.06. The fourth-order valence-corrected chi connectivity index (χ4v) is 2.15. The predicted octanol–water partition coefficient (Wildman–Crippen LogP) is -2.36. The monoisotopic (exact) mass is 187 g/mol. The van der Waals surface area contributed by atoms with E-state index < -0.39 is 36.3 Å². The van der Waals surface area contributed by atoms with Crippen molar-refractivity contribution < 1.29 is 24.9 Å². The number of hydrogen-bond donors (Lipinski definition) is 2. The van der Waals surface area contributed by atoms with Gasteiger partial charge in [-0.2, -0.15) is 0 Å². The Balaban J connectivity index is 2.17. The molecule has 2 N–H and O–H groups in total. The zero-order valence-electron chi connectivity index (χ0n) is 6.92. The molecule has 3 aliphatic rings. The van der Waals surface area contributed by atoms with Gasteiger partial charge < -0.3 is 24.9 Å². The standard InChI is InChI=1S/C8H12O5/c9-4-2-6-5(10)1-3(4)7(13-6)8(11)12/h3-7,9-10H,1-2H2,(H,11,12)/p-1. The van der Waals surface area contributed by atoms with Gasteiger partial charge in [-0.3, -0.25) is 0 Å². The molecule has 74 valence electrons. The molecule has 2 aliphatic heterocycles. The smallest absolute Gasteiger partial charge is 0.103 e. The van der Waals surface area contributed by atoms with E-state index in [1.165, 1.54) is 0 Å². The number of carbonyl (C=O) groups is 1. The Labute approximate surface area is 74.9 Å². The molecule has 1 aliphatic carbocycles. The van der Waals surface area contributed by atoms with E-state index in [0.29, 0.717) is 6.42 Å². The molecule has 3 fully saturated rings. The van der Waals surface area contributed by atoms with Gasteiger partial charge in [-0.05, 0) is 6.42 Å². The van der Waals surface area contributed by atoms with Crippen molar-refractivity contribution in [3.8, 4) is 0 Å². The Morgan fingerprint density at radius 3 is 2.54 bits per heavy atom. The van der Waals surface area contributed by atoms with Crippen LogP contribution < -0.4 is 5.11 Å². The highest BCUT2D eigenvalue weighted by atomic mass is 16.5. The lowest BCUT2D eigenvalue weighted by atomic mass is 9.76. The van der Waals surface area contributed by atoms with Crippen LogP contribution in [0.5, 0.6) is 0 Å². The van der Waals surface area contributed by atoms with Gasteiger partial charge in [-0.1, -0.05) is 0 Å². The second-order valence-corrected chi connectivity index (χ2v) is 3.68. The van der Waals surface area contributed by atoms with Crippen molar-refractivity contribution in [1.82, 2.24) is 0 Å². The first-order chi connectivity index (χ1) is 6.09. The maximum absolute atomic E-state index is 10.6. The van der Waals surface area contributed by atoms with Crippen LogP contribution in [-0.2, 0) is 9.53 Å². The average molecular weight is 187 g/mol. The topological polar surface area (TPSA) is 89.8 Å². The minimum Gasteiger partial charge on any atom is -0.547 e. The Bertz CT molecular complexity index is 229. The molecular weight excluding hydrogens is 176 g/mol. The summed E-state index contributed by atoms with van der Waals surface area (Å²) in [5, 5.41) is 29.4. The third kappa shape index (κ3) is 1.33. The predicted molar refractivity (Wildman–Crippen MR) is 38.4 cm³/mol. The summed E-state index contributed by atoms with van der Waals surface area (Å²) in [5.41, 5.74) is 0. The molecule has 0 radical (unpaired) electrons. The van der Waals surface area contributed by atoms with Crippen LogP contribution in [0.3, 0.4) is 0 Å². The highest BCUT2D eigenvalue weighted by molar-refractivity contribution is 5.71. The Hall–Kier alpha value is -0.650. The van der Waals surface area contributed by atoms with Crippen LogP contribution >= 0.6 is 0 Å². The third-order valence-electron chi connectivity index (χ3n) is 2.85. The highest BCUT2D eigenvalue weighted by Gasteiger charge is 2.47. The number of fused-ring (bicyclic) bond motifs is 3. The molecular formula is C8H11O5-. The Morgan fingerprint density at radius 2 is 2.00 bits per heavy atom. The van der Waals surface area contributed by atoms with Crippen molar-refractivity contribution in [2.45, 2.75) is 37.3 Å². The summed E-state index contributed by atoms with van der Waals surface area (Å²) in [5.74, 6) is -1.83. The van der Waals surface area contributed by atoms with Gasteiger partial charge in [0.1, 0.15) is 6.10 Å². The van der Waals surface area contributed by atoms with E-state index in [2.05, 4.69) is 0 Å². The maximum atomic E-state index is 10.6. The summed E-state index contributed by atoms with van der Waals surface area (Å²) in [6.07, 6.45) is -2.35. The van der Waals surface area contributed by atoms with Gasteiger partial charge >= 0.3 is 0 Å². The second-order valence-electron chi connectivity index (χ2n) is 3.68. The molecule has 0 aromatic rings. The van der Waals surface area contributed by atoms with Crippen molar-refractivity contribution in [1.29, 1.82) is 0 Å². The molecule has 5 unspecified atom stereocenters. The maximum Gasteiger partial charge on any atom is 0.103 e. The molecule has 2 saturated heterocycles. The SMILES string of the molecule is O=C([O-])C1OC2CC(O)C1CC2O. The van der Waals surface area contributed by atoms with Crippen molar-refractivity contribution in [3.63, 3.8) is 0 Å². The number of ether oxygens (including phenoxy) is 1. The molecule has 3 rings (SSSR count). The van der Waals surface area contributed by atoms with Crippen molar-refractivity contribution in [2.24, 2.45) is 5.92 Å². The quantitative estimate of drug-likeness (QED) is 0.479. The second kappa shape index (κ2) is 2.94. The number of rotatable bonds is 1. The van der Waals surface area contributed by atoms with E-state index in [9.17, 15) is 20.1 Å². The molecule has 5 atom stereocenters. The van der Waals surface area contributed by atoms with Gasteiger partial charge in [0.05, 0.1) is 24.3 Å². The summed E-state index contributed by atoms with van der Waals surface area (Å²) in [6, 6.07) is 0. The van der Waals surface area contributed by atoms with Crippen molar-refractivity contribution >= 4 is 5.97 Å². The summed E-state index contributed by atoms with van der Waals surface area (Å²) >= 11 is 0. The first kappa shape index (κ1) is 8.93. The molecule has 5 nitrogen and oxygen atoms in total. The Kier molecular flexibility index (Phi) is 2.02. The third-order valence-corrected chi connectivity index (χ3v) is 2.85. The van der Waals surface area contributed by atoms with E-state index in [1.54, 1.807) is 0 Å². The van der Waals surface area contributed by atoms with Crippen LogP contribution in [-0.4, -0.2) is 40.6 Å². The number of hydrogen-bond acceptors (Lipinski definition) is 5. The lowest BCUT2D eigenvalue weighted by molar-refractivity contribution is -0.333.